The van der Waals surface area contributed by atoms with E-state index < -0.39 is 0 Å². The van der Waals surface area contributed by atoms with Crippen molar-refractivity contribution in [2.45, 2.75) is 26.8 Å². The monoisotopic (exact) mass is 254 g/mol. The molecule has 1 N–H and O–H groups in total. The fourth-order valence-electron chi connectivity index (χ4n) is 2.25. The lowest BCUT2D eigenvalue weighted by molar-refractivity contribution is 0.605. The van der Waals surface area contributed by atoms with Crippen LogP contribution in [0.5, 0.6) is 0 Å². The normalized spacial score (nSPS) is 14.9. The zero-order chi connectivity index (χ0) is 12.4. The van der Waals surface area contributed by atoms with Gasteiger partial charge in [0.15, 0.2) is 0 Å². The maximum Gasteiger partial charge on any atom is 0.224 e. The highest BCUT2D eigenvalue weighted by Gasteiger charge is 2.19. The fraction of sp³-hybridized carbons (Fsp3) is 0.667. The number of nitrogens with zero attached hydrogens (tertiary/aromatic N) is 3. The van der Waals surface area contributed by atoms with Crippen molar-refractivity contribution in [3.8, 4) is 0 Å². The second-order valence-electron chi connectivity index (χ2n) is 4.94. The number of halogens is 1. The fourth-order valence-corrected chi connectivity index (χ4v) is 2.43. The summed E-state index contributed by atoms with van der Waals surface area (Å²) in [6.45, 7) is 7.17. The Balaban J connectivity index is 2.35. The Morgan fingerprint density at radius 3 is 2.88 bits per heavy atom. The SMILES string of the molecule is CC(C)CN(C)c1nc(Cl)nc2c1CNCC2. The molecule has 1 aromatic heterocycles. The van der Waals surface area contributed by atoms with Crippen molar-refractivity contribution in [2.24, 2.45) is 5.92 Å². The van der Waals surface area contributed by atoms with Crippen molar-refractivity contribution in [1.29, 1.82) is 0 Å². The molecule has 4 nitrogen and oxygen atoms in total. The molecule has 0 fully saturated rings. The van der Waals surface area contributed by atoms with Crippen LogP contribution in [-0.4, -0.2) is 30.1 Å². The van der Waals surface area contributed by atoms with Crippen LogP contribution in [0.1, 0.15) is 25.1 Å². The molecule has 1 aliphatic rings. The molecule has 0 unspecified atom stereocenters. The van der Waals surface area contributed by atoms with E-state index in [1.54, 1.807) is 0 Å². The minimum Gasteiger partial charge on any atom is -0.359 e. The summed E-state index contributed by atoms with van der Waals surface area (Å²) in [6, 6.07) is 0. The summed E-state index contributed by atoms with van der Waals surface area (Å²) in [7, 11) is 2.06. The zero-order valence-electron chi connectivity index (χ0n) is 10.6. The summed E-state index contributed by atoms with van der Waals surface area (Å²) < 4.78 is 0. The smallest absolute Gasteiger partial charge is 0.224 e. The molecule has 0 radical (unpaired) electrons. The molecule has 0 amide bonds. The Morgan fingerprint density at radius 2 is 2.18 bits per heavy atom. The Morgan fingerprint density at radius 1 is 1.41 bits per heavy atom. The van der Waals surface area contributed by atoms with E-state index >= 15 is 0 Å². The summed E-state index contributed by atoms with van der Waals surface area (Å²) >= 11 is 5.99. The number of anilines is 1. The summed E-state index contributed by atoms with van der Waals surface area (Å²) in [5.41, 5.74) is 2.29. The predicted octanol–water partition coefficient (Wildman–Crippen LogP) is 1.87. The van der Waals surface area contributed by atoms with Gasteiger partial charge in [0.2, 0.25) is 5.28 Å². The van der Waals surface area contributed by atoms with Gasteiger partial charge in [0.25, 0.3) is 0 Å². The Labute approximate surface area is 107 Å². The van der Waals surface area contributed by atoms with Crippen LogP contribution in [0.4, 0.5) is 5.82 Å². The van der Waals surface area contributed by atoms with E-state index in [9.17, 15) is 0 Å². The van der Waals surface area contributed by atoms with Crippen LogP contribution in [0.25, 0.3) is 0 Å². The Kier molecular flexibility index (Phi) is 3.84. The molecule has 0 atom stereocenters. The maximum atomic E-state index is 5.99. The summed E-state index contributed by atoms with van der Waals surface area (Å²) in [6.07, 6.45) is 0.931. The van der Waals surface area contributed by atoms with Gasteiger partial charge in [-0.2, -0.15) is 0 Å². The topological polar surface area (TPSA) is 41.1 Å². The minimum atomic E-state index is 0.358. The largest absolute Gasteiger partial charge is 0.359 e. The highest BCUT2D eigenvalue weighted by molar-refractivity contribution is 6.28. The van der Waals surface area contributed by atoms with Gasteiger partial charge in [-0.3, -0.25) is 0 Å². The molecular weight excluding hydrogens is 236 g/mol. The Bertz CT molecular complexity index is 406. The average molecular weight is 255 g/mol. The second kappa shape index (κ2) is 5.19. The molecular formula is C12H19ClN4. The van der Waals surface area contributed by atoms with Gasteiger partial charge in [0.05, 0.1) is 5.69 Å². The first-order valence-electron chi connectivity index (χ1n) is 6.05. The van der Waals surface area contributed by atoms with E-state index in [2.05, 4.69) is 41.1 Å². The predicted molar refractivity (Wildman–Crippen MR) is 70.6 cm³/mol. The van der Waals surface area contributed by atoms with Gasteiger partial charge in [-0.25, -0.2) is 9.97 Å². The third-order valence-corrected chi connectivity index (χ3v) is 3.05. The molecule has 2 rings (SSSR count). The zero-order valence-corrected chi connectivity index (χ0v) is 11.4. The van der Waals surface area contributed by atoms with Gasteiger partial charge in [-0.15, -0.1) is 0 Å². The third-order valence-electron chi connectivity index (χ3n) is 2.88. The lowest BCUT2D eigenvalue weighted by atomic mass is 10.1. The molecule has 0 bridgehead atoms. The van der Waals surface area contributed by atoms with Crippen molar-refractivity contribution in [3.05, 3.63) is 16.5 Å². The van der Waals surface area contributed by atoms with Gasteiger partial charge >= 0.3 is 0 Å². The molecule has 0 aromatic carbocycles. The van der Waals surface area contributed by atoms with Crippen LogP contribution in [-0.2, 0) is 13.0 Å². The molecule has 94 valence electrons. The van der Waals surface area contributed by atoms with Crippen molar-refractivity contribution >= 4 is 17.4 Å². The first-order valence-corrected chi connectivity index (χ1v) is 6.43. The van der Waals surface area contributed by atoms with Crippen LogP contribution in [0.15, 0.2) is 0 Å². The number of aromatic nitrogens is 2. The van der Waals surface area contributed by atoms with E-state index in [4.69, 9.17) is 11.6 Å². The number of hydrogen-bond acceptors (Lipinski definition) is 4. The van der Waals surface area contributed by atoms with Crippen molar-refractivity contribution in [1.82, 2.24) is 15.3 Å². The molecule has 17 heavy (non-hydrogen) atoms. The standard InChI is InChI=1S/C12H19ClN4/c1-8(2)7-17(3)11-9-6-14-5-4-10(9)15-12(13)16-11/h8,14H,4-7H2,1-3H3. The van der Waals surface area contributed by atoms with Gasteiger partial charge in [0.1, 0.15) is 5.82 Å². The van der Waals surface area contributed by atoms with E-state index in [1.807, 2.05) is 0 Å². The summed E-state index contributed by atoms with van der Waals surface area (Å²) in [4.78, 5) is 10.9. The first-order chi connectivity index (χ1) is 8.08. The number of hydrogen-bond donors (Lipinski definition) is 1. The van der Waals surface area contributed by atoms with E-state index in [0.29, 0.717) is 11.2 Å². The number of rotatable bonds is 3. The van der Waals surface area contributed by atoms with Crippen LogP contribution in [0.3, 0.4) is 0 Å². The molecule has 0 spiro atoms. The lowest BCUT2D eigenvalue weighted by Gasteiger charge is -2.26. The molecule has 0 saturated heterocycles. The van der Waals surface area contributed by atoms with Crippen LogP contribution in [0, 0.1) is 5.92 Å². The quantitative estimate of drug-likeness (QED) is 0.837. The third kappa shape index (κ3) is 2.87. The van der Waals surface area contributed by atoms with Crippen LogP contribution in [0.2, 0.25) is 5.28 Å². The molecule has 0 saturated carbocycles. The molecule has 0 aliphatic carbocycles. The van der Waals surface area contributed by atoms with Crippen molar-refractivity contribution < 1.29 is 0 Å². The van der Waals surface area contributed by atoms with Crippen molar-refractivity contribution in [2.75, 3.05) is 25.0 Å². The van der Waals surface area contributed by atoms with Gasteiger partial charge in [-0.1, -0.05) is 13.8 Å². The molecule has 5 heteroatoms. The summed E-state index contributed by atoms with van der Waals surface area (Å²) in [5, 5.41) is 3.72. The van der Waals surface area contributed by atoms with Gasteiger partial charge in [0, 0.05) is 38.7 Å². The van der Waals surface area contributed by atoms with Gasteiger partial charge in [-0.05, 0) is 17.5 Å². The van der Waals surface area contributed by atoms with Crippen molar-refractivity contribution in [3.63, 3.8) is 0 Å². The highest BCUT2D eigenvalue weighted by atomic mass is 35.5. The highest BCUT2D eigenvalue weighted by Crippen LogP contribution is 2.24. The van der Waals surface area contributed by atoms with Gasteiger partial charge < -0.3 is 10.2 Å². The average Bonchev–Trinajstić information content (AvgIpc) is 2.26. The molecule has 1 aromatic rings. The van der Waals surface area contributed by atoms with E-state index in [0.717, 1.165) is 37.6 Å². The van der Waals surface area contributed by atoms with Crippen LogP contribution >= 0.6 is 11.6 Å². The second-order valence-corrected chi connectivity index (χ2v) is 5.28. The van der Waals surface area contributed by atoms with E-state index in [-0.39, 0.29) is 0 Å². The number of nitrogens with one attached hydrogen (secondary N) is 1. The van der Waals surface area contributed by atoms with Crippen LogP contribution < -0.4 is 10.2 Å². The van der Waals surface area contributed by atoms with E-state index in [1.165, 1.54) is 5.56 Å². The minimum absolute atomic E-state index is 0.358. The molecule has 1 aliphatic heterocycles. The first kappa shape index (κ1) is 12.6. The molecule has 2 heterocycles. The number of fused-ring (bicyclic) bond motifs is 1. The summed E-state index contributed by atoms with van der Waals surface area (Å²) in [5.74, 6) is 1.57. The maximum absolute atomic E-state index is 5.99. The Hall–Kier alpha value is -0.870. The lowest BCUT2D eigenvalue weighted by Crippen LogP contribution is -2.31.